The van der Waals surface area contributed by atoms with Gasteiger partial charge in [0.25, 0.3) is 5.91 Å². The van der Waals surface area contributed by atoms with Crippen molar-refractivity contribution in [1.29, 1.82) is 0 Å². The summed E-state index contributed by atoms with van der Waals surface area (Å²) in [4.78, 5) is 13.1. The zero-order valence-electron chi connectivity index (χ0n) is 19.0. The smallest absolute Gasteiger partial charge is 0.268 e. The molecule has 0 saturated heterocycles. The lowest BCUT2D eigenvalue weighted by Crippen LogP contribution is -2.29. The molecule has 0 bridgehead atoms. The maximum Gasteiger partial charge on any atom is 0.268 e. The lowest BCUT2D eigenvalue weighted by Gasteiger charge is -2.14. The summed E-state index contributed by atoms with van der Waals surface area (Å²) in [5.74, 6) is -0.281. The van der Waals surface area contributed by atoms with Crippen molar-refractivity contribution in [3.63, 3.8) is 0 Å². The van der Waals surface area contributed by atoms with Crippen LogP contribution in [0.5, 0.6) is 11.5 Å². The van der Waals surface area contributed by atoms with Gasteiger partial charge in [0, 0.05) is 17.8 Å². The Kier molecular flexibility index (Phi) is 7.18. The highest BCUT2D eigenvalue weighted by Gasteiger charge is 2.22. The van der Waals surface area contributed by atoms with Gasteiger partial charge in [0.15, 0.2) is 11.5 Å². The normalized spacial score (nSPS) is 10.8. The van der Waals surface area contributed by atoms with E-state index in [-0.39, 0.29) is 18.0 Å². The van der Waals surface area contributed by atoms with E-state index < -0.39 is 11.6 Å². The number of halogens is 2. The molecule has 32 heavy (non-hydrogen) atoms. The number of carbonyl (C=O) groups is 1. The van der Waals surface area contributed by atoms with Crippen LogP contribution in [0.1, 0.15) is 38.4 Å². The molecular weight excluding hydrogens is 414 g/mol. The quantitative estimate of drug-likeness (QED) is 0.549. The molecule has 0 saturated carbocycles. The second-order valence-corrected chi connectivity index (χ2v) is 7.67. The van der Waals surface area contributed by atoms with Crippen molar-refractivity contribution in [2.24, 2.45) is 0 Å². The number of hydrogen-bond donors (Lipinski definition) is 1. The summed E-state index contributed by atoms with van der Waals surface area (Å²) in [6.07, 6.45) is 0.589. The summed E-state index contributed by atoms with van der Waals surface area (Å²) in [6, 6.07) is 9.38. The van der Waals surface area contributed by atoms with Crippen LogP contribution in [0, 0.1) is 32.4 Å². The Bertz CT molecular complexity index is 1120. The molecule has 7 heteroatoms. The third kappa shape index (κ3) is 4.61. The number of rotatable bonds is 8. The van der Waals surface area contributed by atoms with E-state index >= 15 is 0 Å². The first-order valence-electron chi connectivity index (χ1n) is 10.4. The van der Waals surface area contributed by atoms with E-state index in [0.717, 1.165) is 22.4 Å². The molecule has 1 heterocycles. The molecule has 5 nitrogen and oxygen atoms in total. The molecule has 0 spiro atoms. The zero-order chi connectivity index (χ0) is 23.4. The second-order valence-electron chi connectivity index (χ2n) is 7.67. The predicted molar refractivity (Wildman–Crippen MR) is 120 cm³/mol. The maximum absolute atomic E-state index is 14.2. The van der Waals surface area contributed by atoms with Gasteiger partial charge in [-0.2, -0.15) is 0 Å². The van der Waals surface area contributed by atoms with Gasteiger partial charge in [-0.05, 0) is 68.1 Å². The average Bonchev–Trinajstić information content (AvgIpc) is 2.99. The third-order valence-electron chi connectivity index (χ3n) is 5.88. The largest absolute Gasteiger partial charge is 0.493 e. The van der Waals surface area contributed by atoms with Gasteiger partial charge < -0.3 is 19.4 Å². The highest BCUT2D eigenvalue weighted by atomic mass is 19.1. The summed E-state index contributed by atoms with van der Waals surface area (Å²) >= 11 is 0. The molecule has 0 aliphatic carbocycles. The van der Waals surface area contributed by atoms with Crippen LogP contribution in [0.25, 0.3) is 0 Å². The number of ether oxygens (including phenoxy) is 2. The fourth-order valence-corrected chi connectivity index (χ4v) is 3.79. The molecule has 0 radical (unpaired) electrons. The van der Waals surface area contributed by atoms with E-state index in [1.165, 1.54) is 18.2 Å². The number of hydrogen-bond acceptors (Lipinski definition) is 3. The summed E-state index contributed by atoms with van der Waals surface area (Å²) in [5, 5.41) is 2.93. The molecule has 3 rings (SSSR count). The number of carbonyl (C=O) groups excluding carboxylic acids is 1. The Hall–Kier alpha value is -3.35. The van der Waals surface area contributed by atoms with Crippen LogP contribution in [-0.4, -0.2) is 31.2 Å². The summed E-state index contributed by atoms with van der Waals surface area (Å²) < 4.78 is 40.7. The lowest BCUT2D eigenvalue weighted by molar-refractivity contribution is 0.0944. The van der Waals surface area contributed by atoms with E-state index in [4.69, 9.17) is 9.47 Å². The summed E-state index contributed by atoms with van der Waals surface area (Å²) in [5.41, 5.74) is 3.85. The first-order chi connectivity index (χ1) is 15.3. The van der Waals surface area contributed by atoms with Crippen molar-refractivity contribution in [2.75, 3.05) is 20.8 Å². The fraction of sp³-hybridized carbons (Fsp3) is 0.320. The van der Waals surface area contributed by atoms with E-state index in [9.17, 15) is 13.6 Å². The van der Waals surface area contributed by atoms with Crippen LogP contribution in [0.2, 0.25) is 0 Å². The van der Waals surface area contributed by atoms with Crippen LogP contribution in [-0.2, 0) is 13.0 Å². The van der Waals surface area contributed by atoms with Crippen molar-refractivity contribution in [3.05, 3.63) is 81.7 Å². The van der Waals surface area contributed by atoms with Gasteiger partial charge >= 0.3 is 0 Å². The first-order valence-corrected chi connectivity index (χ1v) is 10.4. The molecule has 1 N–H and O–H groups in total. The molecular formula is C25H28F2N2O3. The summed E-state index contributed by atoms with van der Waals surface area (Å²) in [6.45, 7) is 5.93. The molecule has 2 aromatic carbocycles. The molecule has 1 amide bonds. The predicted octanol–water partition coefficient (Wildman–Crippen LogP) is 4.73. The minimum atomic E-state index is -0.631. The van der Waals surface area contributed by atoms with Gasteiger partial charge in [0.2, 0.25) is 0 Å². The lowest BCUT2D eigenvalue weighted by atomic mass is 10.1. The van der Waals surface area contributed by atoms with Gasteiger partial charge in [-0.15, -0.1) is 0 Å². The number of benzene rings is 2. The highest BCUT2D eigenvalue weighted by Crippen LogP contribution is 2.28. The van der Waals surface area contributed by atoms with E-state index in [1.807, 2.05) is 39.0 Å². The standard InChI is InChI=1S/C25H28F2N2O3/c1-15-16(2)24(29(17(15)3)14-19-20(26)7-6-8-21(19)27)25(30)28-12-11-18-9-10-22(31-4)23(13-18)32-5/h6-10,13H,11-12,14H2,1-5H3,(H,28,30). The van der Waals surface area contributed by atoms with Crippen molar-refractivity contribution in [3.8, 4) is 11.5 Å². The Labute approximate surface area is 187 Å². The highest BCUT2D eigenvalue weighted by molar-refractivity contribution is 5.95. The van der Waals surface area contributed by atoms with Gasteiger partial charge in [0.1, 0.15) is 17.3 Å². The molecule has 3 aromatic rings. The number of nitrogens with zero attached hydrogens (tertiary/aromatic N) is 1. The summed E-state index contributed by atoms with van der Waals surface area (Å²) in [7, 11) is 3.15. The second kappa shape index (κ2) is 9.85. The maximum atomic E-state index is 14.2. The van der Waals surface area contributed by atoms with Gasteiger partial charge in [0.05, 0.1) is 20.8 Å². The van der Waals surface area contributed by atoms with Crippen LogP contribution in [0.15, 0.2) is 36.4 Å². The minimum Gasteiger partial charge on any atom is -0.493 e. The van der Waals surface area contributed by atoms with Crippen LogP contribution < -0.4 is 14.8 Å². The van der Waals surface area contributed by atoms with Gasteiger partial charge in [-0.1, -0.05) is 12.1 Å². The monoisotopic (exact) mass is 442 g/mol. The molecule has 0 aliphatic heterocycles. The Morgan fingerprint density at radius 2 is 1.62 bits per heavy atom. The molecule has 0 fully saturated rings. The van der Waals surface area contributed by atoms with Crippen LogP contribution in [0.3, 0.4) is 0 Å². The van der Waals surface area contributed by atoms with Crippen molar-refractivity contribution < 1.29 is 23.0 Å². The van der Waals surface area contributed by atoms with Crippen LogP contribution in [0.4, 0.5) is 8.78 Å². The topological polar surface area (TPSA) is 52.5 Å². The zero-order valence-corrected chi connectivity index (χ0v) is 19.0. The third-order valence-corrected chi connectivity index (χ3v) is 5.88. The SMILES string of the molecule is COc1ccc(CCNC(=O)c2c(C)c(C)c(C)n2Cc2c(F)cccc2F)cc1OC. The van der Waals surface area contributed by atoms with Gasteiger partial charge in [-0.25, -0.2) is 8.78 Å². The van der Waals surface area contributed by atoms with Crippen LogP contribution >= 0.6 is 0 Å². The molecule has 0 unspecified atom stereocenters. The van der Waals surface area contributed by atoms with E-state index in [2.05, 4.69) is 5.32 Å². The van der Waals surface area contributed by atoms with Crippen molar-refractivity contribution >= 4 is 5.91 Å². The molecule has 0 atom stereocenters. The molecule has 0 aliphatic rings. The molecule has 1 aromatic heterocycles. The van der Waals surface area contributed by atoms with E-state index in [1.54, 1.807) is 18.8 Å². The van der Waals surface area contributed by atoms with Crippen molar-refractivity contribution in [1.82, 2.24) is 9.88 Å². The Balaban J connectivity index is 1.79. The molecule has 170 valence electrons. The Morgan fingerprint density at radius 1 is 0.969 bits per heavy atom. The number of methoxy groups -OCH3 is 2. The number of amides is 1. The first kappa shape index (κ1) is 23.3. The van der Waals surface area contributed by atoms with Gasteiger partial charge in [-0.3, -0.25) is 4.79 Å². The van der Waals surface area contributed by atoms with E-state index in [0.29, 0.717) is 30.2 Å². The number of nitrogens with one attached hydrogen (secondary N) is 1. The minimum absolute atomic E-state index is 0.0581. The Morgan fingerprint density at radius 3 is 2.25 bits per heavy atom. The van der Waals surface area contributed by atoms with Crippen molar-refractivity contribution in [2.45, 2.75) is 33.7 Å². The average molecular weight is 443 g/mol. The number of aromatic nitrogens is 1. The fourth-order valence-electron chi connectivity index (χ4n) is 3.79.